The van der Waals surface area contributed by atoms with Gasteiger partial charge in [-0.2, -0.15) is 4.73 Å². The number of hydrogen-bond donors (Lipinski definition) is 1. The first-order chi connectivity index (χ1) is 15.6. The smallest absolute Gasteiger partial charge is 0.321 e. The highest BCUT2D eigenvalue weighted by Gasteiger charge is 1.89. The number of hydrogen-bond acceptors (Lipinski definition) is 5. The van der Waals surface area contributed by atoms with Crippen molar-refractivity contribution >= 4 is 18.7 Å². The van der Waals surface area contributed by atoms with Crippen molar-refractivity contribution in [2.45, 2.75) is 113 Å². The van der Waals surface area contributed by atoms with Crippen molar-refractivity contribution in [1.29, 1.82) is 0 Å². The molecule has 0 saturated carbocycles. The number of aromatic nitrogens is 1. The van der Waals surface area contributed by atoms with Gasteiger partial charge in [0.2, 0.25) is 0 Å². The average Bonchev–Trinajstić information content (AvgIpc) is 2.84. The Hall–Kier alpha value is -1.24. The van der Waals surface area contributed by atoms with Gasteiger partial charge in [0, 0.05) is 27.0 Å². The molecular formula is C26H55NO4S. The Morgan fingerprint density at radius 1 is 0.844 bits per heavy atom. The van der Waals surface area contributed by atoms with E-state index in [1.165, 1.54) is 62.5 Å². The van der Waals surface area contributed by atoms with Crippen molar-refractivity contribution in [2.75, 3.05) is 20.8 Å². The van der Waals surface area contributed by atoms with Gasteiger partial charge in [-0.1, -0.05) is 125 Å². The fourth-order valence-electron chi connectivity index (χ4n) is 1.79. The third-order valence-electron chi connectivity index (χ3n) is 3.46. The highest BCUT2D eigenvalue weighted by atomic mass is 32.1. The van der Waals surface area contributed by atoms with Crippen LogP contribution in [0.1, 0.15) is 113 Å². The summed E-state index contributed by atoms with van der Waals surface area (Å²) < 4.78 is 5.93. The van der Waals surface area contributed by atoms with E-state index in [1.807, 2.05) is 27.7 Å². The first-order valence-electron chi connectivity index (χ1n) is 12.4. The first kappa shape index (κ1) is 41.1. The van der Waals surface area contributed by atoms with E-state index in [9.17, 15) is 4.79 Å². The van der Waals surface area contributed by atoms with Crippen LogP contribution in [0.5, 0.6) is 0 Å². The van der Waals surface area contributed by atoms with E-state index in [0.717, 1.165) is 6.42 Å². The van der Waals surface area contributed by atoms with Crippen LogP contribution < -0.4 is 4.84 Å². The Balaban J connectivity index is -0.000000106. The molecule has 0 saturated heterocycles. The molecule has 194 valence electrons. The second-order valence-corrected chi connectivity index (χ2v) is 6.59. The number of nitrogens with zero attached hydrogens (tertiary/aromatic N) is 1. The van der Waals surface area contributed by atoms with Crippen molar-refractivity contribution in [3.63, 3.8) is 0 Å². The number of unbranched alkanes of at least 4 members (excludes halogenated alkanes) is 8. The third kappa shape index (κ3) is 46.8. The molecule has 0 atom stereocenters. The number of carbonyl (C=O) groups excluding carboxylic acids is 1. The summed E-state index contributed by atoms with van der Waals surface area (Å²) >= 11 is 4.80. The summed E-state index contributed by atoms with van der Waals surface area (Å²) in [7, 11) is 3.25. The number of carbonyl (C=O) groups is 1. The van der Waals surface area contributed by atoms with Gasteiger partial charge in [-0.05, 0) is 18.6 Å². The highest BCUT2D eigenvalue weighted by Crippen LogP contribution is 2.07. The van der Waals surface area contributed by atoms with Gasteiger partial charge in [0.25, 0.3) is 0 Å². The molecule has 0 fully saturated rings. The molecule has 0 aromatic carbocycles. The summed E-state index contributed by atoms with van der Waals surface area (Å²) in [5.74, 6) is 0. The van der Waals surface area contributed by atoms with Crippen molar-refractivity contribution in [2.24, 2.45) is 0 Å². The lowest BCUT2D eigenvalue weighted by molar-refractivity contribution is -0.129. The molecule has 0 aliphatic rings. The molecule has 0 unspecified atom stereocenters. The number of pyridine rings is 1. The standard InChI is InChI=1S/C10H22O.C6H5NO2S.C4H10.C2H6O.2C2H6/c1-2-3-4-5-6-7-8-9-10-11;8-5-9-7-4-2-1-3-6(7)10;1-3-4-2;1-3-2;2*1-2/h11H,2-10H2,1H3;1-5H;3-4H2,1-2H3;1-2H3;2*1-2H3. The van der Waals surface area contributed by atoms with Crippen molar-refractivity contribution in [1.82, 2.24) is 4.73 Å². The van der Waals surface area contributed by atoms with E-state index in [0.29, 0.717) is 17.7 Å². The molecule has 1 aromatic rings. The maximum absolute atomic E-state index is 9.84. The van der Waals surface area contributed by atoms with Gasteiger partial charge in [0.15, 0.2) is 0 Å². The number of rotatable bonds is 11. The average molecular weight is 478 g/mol. The lowest BCUT2D eigenvalue weighted by atomic mass is 10.1. The lowest BCUT2D eigenvalue weighted by Crippen LogP contribution is -2.09. The van der Waals surface area contributed by atoms with E-state index in [-0.39, 0.29) is 0 Å². The molecule has 0 bridgehead atoms. The van der Waals surface area contributed by atoms with E-state index in [1.54, 1.807) is 38.6 Å². The second-order valence-electron chi connectivity index (χ2n) is 6.17. The van der Waals surface area contributed by atoms with Crippen LogP contribution in [-0.2, 0) is 9.53 Å². The summed E-state index contributed by atoms with van der Waals surface area (Å²) in [5, 5.41) is 8.51. The van der Waals surface area contributed by atoms with Gasteiger partial charge in [-0.3, -0.25) is 4.79 Å². The van der Waals surface area contributed by atoms with Gasteiger partial charge in [-0.15, -0.1) is 0 Å². The molecule has 1 N–H and O–H groups in total. The first-order valence-corrected chi connectivity index (χ1v) is 12.8. The zero-order valence-corrected chi connectivity index (χ0v) is 23.5. The quantitative estimate of drug-likeness (QED) is 0.198. The summed E-state index contributed by atoms with van der Waals surface area (Å²) in [5.41, 5.74) is 0. The van der Waals surface area contributed by atoms with Crippen molar-refractivity contribution in [3.8, 4) is 0 Å². The SMILES string of the molecule is CC.CC.CCCC.CCCCCCCCCCO.COC.O=COn1ccccc1=S. The van der Waals surface area contributed by atoms with E-state index >= 15 is 0 Å². The van der Waals surface area contributed by atoms with Crippen molar-refractivity contribution < 1.29 is 19.5 Å². The largest absolute Gasteiger partial charge is 0.396 e. The van der Waals surface area contributed by atoms with Crippen LogP contribution in [0.2, 0.25) is 0 Å². The molecule has 0 aliphatic carbocycles. The molecule has 0 spiro atoms. The fraction of sp³-hybridized carbons (Fsp3) is 0.769. The van der Waals surface area contributed by atoms with Crippen molar-refractivity contribution in [3.05, 3.63) is 29.0 Å². The minimum absolute atomic E-state index is 0.329. The Kier molecular flexibility index (Phi) is 61.0. The van der Waals surface area contributed by atoms with Gasteiger partial charge < -0.3 is 14.7 Å². The summed E-state index contributed by atoms with van der Waals surface area (Å²) in [6.45, 7) is 15.3. The predicted octanol–water partition coefficient (Wildman–Crippen LogP) is 8.04. The molecule has 6 heteroatoms. The maximum Gasteiger partial charge on any atom is 0.321 e. The zero-order chi connectivity index (χ0) is 25.9. The minimum Gasteiger partial charge on any atom is -0.396 e. The maximum atomic E-state index is 9.84. The lowest BCUT2D eigenvalue weighted by Gasteiger charge is -1.98. The molecule has 1 rings (SSSR count). The molecule has 0 aliphatic heterocycles. The van der Waals surface area contributed by atoms with Gasteiger partial charge in [-0.25, -0.2) is 0 Å². The van der Waals surface area contributed by atoms with E-state index in [4.69, 9.17) is 17.3 Å². The topological polar surface area (TPSA) is 60.7 Å². The Morgan fingerprint density at radius 2 is 1.28 bits per heavy atom. The Labute approximate surface area is 205 Å². The van der Waals surface area contributed by atoms with E-state index < -0.39 is 0 Å². The minimum atomic E-state index is 0.329. The molecule has 5 nitrogen and oxygen atoms in total. The number of aliphatic hydroxyl groups excluding tert-OH is 1. The van der Waals surface area contributed by atoms with Gasteiger partial charge >= 0.3 is 6.47 Å². The van der Waals surface area contributed by atoms with Gasteiger partial charge in [0.05, 0.1) is 0 Å². The molecule has 1 heterocycles. The fourth-order valence-corrected chi connectivity index (χ4v) is 1.97. The van der Waals surface area contributed by atoms with Crippen LogP contribution in [0.25, 0.3) is 0 Å². The molecule has 32 heavy (non-hydrogen) atoms. The van der Waals surface area contributed by atoms with Crippen LogP contribution in [0.15, 0.2) is 24.4 Å². The van der Waals surface area contributed by atoms with Crippen LogP contribution >= 0.6 is 12.2 Å². The molecule has 0 radical (unpaired) electrons. The number of aliphatic hydroxyl groups is 1. The molecule has 0 amide bonds. The van der Waals surface area contributed by atoms with Crippen LogP contribution in [-0.4, -0.2) is 37.1 Å². The number of methoxy groups -OCH3 is 1. The van der Waals surface area contributed by atoms with Crippen LogP contribution in [0.3, 0.4) is 0 Å². The highest BCUT2D eigenvalue weighted by molar-refractivity contribution is 7.71. The van der Waals surface area contributed by atoms with Gasteiger partial charge in [0.1, 0.15) is 4.64 Å². The Bertz CT molecular complexity index is 443. The number of ether oxygens (including phenoxy) is 1. The summed E-state index contributed by atoms with van der Waals surface area (Å²) in [6.07, 6.45) is 14.6. The zero-order valence-electron chi connectivity index (χ0n) is 22.7. The Morgan fingerprint density at radius 3 is 1.62 bits per heavy atom. The summed E-state index contributed by atoms with van der Waals surface area (Å²) in [6, 6.07) is 5.16. The van der Waals surface area contributed by atoms with E-state index in [2.05, 4.69) is 30.3 Å². The third-order valence-corrected chi connectivity index (χ3v) is 3.77. The van der Waals surface area contributed by atoms with Crippen LogP contribution in [0.4, 0.5) is 0 Å². The summed E-state index contributed by atoms with van der Waals surface area (Å²) in [4.78, 5) is 14.3. The van der Waals surface area contributed by atoms with Crippen LogP contribution in [0, 0.1) is 4.64 Å². The normalized spacial score (nSPS) is 8.19. The predicted molar refractivity (Wildman–Crippen MR) is 144 cm³/mol. The molecule has 1 aromatic heterocycles. The molecular weight excluding hydrogens is 422 g/mol. The monoisotopic (exact) mass is 477 g/mol. The second kappa shape index (κ2) is 47.5.